The molecule has 0 aromatic heterocycles. The number of likely N-dealkylation sites (N-methyl/N-ethyl adjacent to an activating group) is 1. The standard InChI is InChI=1S/C23H38FN7O2/c1-4-30-11-5-7-18(30)14-26-16-27-23(28-17-9-10-21(33-3)20(24)13-17)29-22(25)31-12-6-8-19(31)15-32-2/h9-10,13,18-19,26H,4-8,11-12,14-16H2,1-3H3,(H3,25,27,28,29). The Morgan fingerprint density at radius 1 is 1.21 bits per heavy atom. The third kappa shape index (κ3) is 7.02. The molecule has 2 saturated heterocycles. The average molecular weight is 464 g/mol. The summed E-state index contributed by atoms with van der Waals surface area (Å²) in [6.45, 7) is 7.07. The molecule has 2 fully saturated rings. The van der Waals surface area contributed by atoms with Gasteiger partial charge in [-0.2, -0.15) is 4.99 Å². The maximum Gasteiger partial charge on any atom is 0.227 e. The van der Waals surface area contributed by atoms with E-state index >= 15 is 0 Å². The zero-order valence-electron chi connectivity index (χ0n) is 20.0. The summed E-state index contributed by atoms with van der Waals surface area (Å²) in [6, 6.07) is 5.37. The number of rotatable bonds is 9. The van der Waals surface area contributed by atoms with E-state index in [1.54, 1.807) is 19.2 Å². The first-order valence-corrected chi connectivity index (χ1v) is 11.7. The number of likely N-dealkylation sites (tertiary alicyclic amines) is 2. The fourth-order valence-electron chi connectivity index (χ4n) is 4.56. The zero-order valence-corrected chi connectivity index (χ0v) is 20.0. The van der Waals surface area contributed by atoms with Gasteiger partial charge in [-0.25, -0.2) is 9.38 Å². The number of hydrogen-bond donors (Lipinski definition) is 3. The van der Waals surface area contributed by atoms with Crippen molar-refractivity contribution >= 4 is 17.6 Å². The van der Waals surface area contributed by atoms with Crippen LogP contribution in [0.4, 0.5) is 10.1 Å². The van der Waals surface area contributed by atoms with E-state index in [4.69, 9.17) is 15.2 Å². The van der Waals surface area contributed by atoms with Gasteiger partial charge < -0.3 is 25.4 Å². The van der Waals surface area contributed by atoms with E-state index in [9.17, 15) is 4.39 Å². The lowest BCUT2D eigenvalue weighted by molar-refractivity contribution is 0.145. The third-order valence-corrected chi connectivity index (χ3v) is 6.28. The van der Waals surface area contributed by atoms with Crippen molar-refractivity contribution < 1.29 is 13.9 Å². The molecule has 2 aliphatic heterocycles. The molecule has 0 amide bonds. The largest absolute Gasteiger partial charge is 0.494 e. The number of aliphatic imine (C=N–C) groups is 2. The first kappa shape index (κ1) is 25.2. The van der Waals surface area contributed by atoms with E-state index in [1.165, 1.54) is 26.0 Å². The molecule has 0 spiro atoms. The fourth-order valence-corrected chi connectivity index (χ4v) is 4.56. The molecule has 2 aliphatic rings. The molecule has 1 aromatic rings. The predicted octanol–water partition coefficient (Wildman–Crippen LogP) is 2.06. The van der Waals surface area contributed by atoms with Gasteiger partial charge in [-0.3, -0.25) is 10.2 Å². The number of benzene rings is 1. The van der Waals surface area contributed by atoms with Crippen LogP contribution in [0.2, 0.25) is 0 Å². The molecule has 2 heterocycles. The van der Waals surface area contributed by atoms with Crippen LogP contribution in [-0.2, 0) is 4.74 Å². The Bertz CT molecular complexity index is 820. The zero-order chi connectivity index (χ0) is 23.6. The lowest BCUT2D eigenvalue weighted by Crippen LogP contribution is -2.43. The fraction of sp³-hybridized carbons (Fsp3) is 0.652. The van der Waals surface area contributed by atoms with E-state index in [0.29, 0.717) is 36.9 Å². The molecule has 10 heteroatoms. The van der Waals surface area contributed by atoms with Crippen LogP contribution in [0, 0.1) is 5.82 Å². The highest BCUT2D eigenvalue weighted by Crippen LogP contribution is 2.21. The maximum atomic E-state index is 14.2. The van der Waals surface area contributed by atoms with E-state index in [0.717, 1.165) is 39.0 Å². The molecule has 0 aliphatic carbocycles. The van der Waals surface area contributed by atoms with Gasteiger partial charge in [0.25, 0.3) is 0 Å². The summed E-state index contributed by atoms with van der Waals surface area (Å²) in [6.07, 6.45) is 4.47. The van der Waals surface area contributed by atoms with Crippen molar-refractivity contribution in [3.63, 3.8) is 0 Å². The summed E-state index contributed by atoms with van der Waals surface area (Å²) in [5.74, 6) is 0.423. The number of nitrogens with one attached hydrogen (secondary N) is 2. The van der Waals surface area contributed by atoms with Gasteiger partial charge in [0.1, 0.15) is 0 Å². The molecule has 184 valence electrons. The van der Waals surface area contributed by atoms with Crippen LogP contribution < -0.4 is 21.1 Å². The molecular weight excluding hydrogens is 425 g/mol. The van der Waals surface area contributed by atoms with E-state index in [-0.39, 0.29) is 11.8 Å². The molecule has 1 aromatic carbocycles. The molecule has 9 nitrogen and oxygen atoms in total. The molecule has 3 rings (SSSR count). The normalized spacial score (nSPS) is 22.2. The molecule has 2 atom stereocenters. The molecule has 0 bridgehead atoms. The van der Waals surface area contributed by atoms with Crippen molar-refractivity contribution in [1.29, 1.82) is 0 Å². The highest BCUT2D eigenvalue weighted by Gasteiger charge is 2.26. The van der Waals surface area contributed by atoms with E-state index < -0.39 is 5.82 Å². The van der Waals surface area contributed by atoms with Crippen LogP contribution >= 0.6 is 0 Å². The number of nitrogens with zero attached hydrogens (tertiary/aromatic N) is 4. The Morgan fingerprint density at radius 3 is 2.73 bits per heavy atom. The third-order valence-electron chi connectivity index (χ3n) is 6.28. The van der Waals surface area contributed by atoms with Crippen molar-refractivity contribution in [2.45, 2.75) is 44.7 Å². The van der Waals surface area contributed by atoms with Gasteiger partial charge in [-0.15, -0.1) is 0 Å². The minimum Gasteiger partial charge on any atom is -0.494 e. The summed E-state index contributed by atoms with van der Waals surface area (Å²) >= 11 is 0. The van der Waals surface area contributed by atoms with Crippen molar-refractivity contribution in [2.24, 2.45) is 15.7 Å². The van der Waals surface area contributed by atoms with Gasteiger partial charge in [0.05, 0.1) is 26.4 Å². The average Bonchev–Trinajstić information content (AvgIpc) is 3.46. The van der Waals surface area contributed by atoms with Gasteiger partial charge in [-0.1, -0.05) is 6.92 Å². The van der Waals surface area contributed by atoms with Gasteiger partial charge in [-0.05, 0) is 50.9 Å². The number of halogens is 1. The molecular formula is C23H38FN7O2. The summed E-state index contributed by atoms with van der Waals surface area (Å²) in [4.78, 5) is 13.7. The minimum absolute atomic E-state index is 0.181. The van der Waals surface area contributed by atoms with Gasteiger partial charge in [0.15, 0.2) is 17.5 Å². The van der Waals surface area contributed by atoms with Crippen LogP contribution in [-0.4, -0.2) is 87.5 Å². The topological polar surface area (TPSA) is 99.7 Å². The summed E-state index contributed by atoms with van der Waals surface area (Å²) < 4.78 is 24.5. The Morgan fingerprint density at radius 2 is 2.00 bits per heavy atom. The van der Waals surface area contributed by atoms with Crippen molar-refractivity contribution in [2.75, 3.05) is 59.0 Å². The van der Waals surface area contributed by atoms with Crippen LogP contribution in [0.15, 0.2) is 28.2 Å². The Labute approximate surface area is 196 Å². The molecule has 33 heavy (non-hydrogen) atoms. The Balaban J connectivity index is 1.70. The molecule has 0 radical (unpaired) electrons. The number of anilines is 1. The van der Waals surface area contributed by atoms with E-state index in [1.807, 2.05) is 4.90 Å². The van der Waals surface area contributed by atoms with Crippen molar-refractivity contribution in [3.8, 4) is 5.75 Å². The first-order valence-electron chi connectivity index (χ1n) is 11.7. The summed E-state index contributed by atoms with van der Waals surface area (Å²) in [5, 5.41) is 6.50. The van der Waals surface area contributed by atoms with Crippen LogP contribution in [0.25, 0.3) is 0 Å². The second-order valence-electron chi connectivity index (χ2n) is 8.41. The van der Waals surface area contributed by atoms with Crippen LogP contribution in [0.1, 0.15) is 32.6 Å². The van der Waals surface area contributed by atoms with Crippen LogP contribution in [0.3, 0.4) is 0 Å². The van der Waals surface area contributed by atoms with E-state index in [2.05, 4.69) is 32.4 Å². The highest BCUT2D eigenvalue weighted by atomic mass is 19.1. The van der Waals surface area contributed by atoms with Crippen molar-refractivity contribution in [1.82, 2.24) is 15.1 Å². The highest BCUT2D eigenvalue weighted by molar-refractivity contribution is 6.01. The van der Waals surface area contributed by atoms with Gasteiger partial charge in [0, 0.05) is 38.0 Å². The number of guanidine groups is 2. The smallest absolute Gasteiger partial charge is 0.227 e. The van der Waals surface area contributed by atoms with Gasteiger partial charge in [0.2, 0.25) is 5.96 Å². The second kappa shape index (κ2) is 12.7. The predicted molar refractivity (Wildman–Crippen MR) is 130 cm³/mol. The summed E-state index contributed by atoms with van der Waals surface area (Å²) in [7, 11) is 3.12. The lowest BCUT2D eigenvalue weighted by Gasteiger charge is -2.25. The molecule has 4 N–H and O–H groups in total. The number of nitrogens with two attached hydrogens (primary N) is 1. The minimum atomic E-state index is -0.461. The SMILES string of the molecule is CCN1CCCC1CNC/N=C(\N=C(/N)N1CCCC1COC)Nc1ccc(OC)c(F)c1. The maximum absolute atomic E-state index is 14.2. The number of methoxy groups -OCH3 is 2. The Hall–Kier alpha value is -2.43. The Kier molecular flexibility index (Phi) is 9.71. The van der Waals surface area contributed by atoms with Gasteiger partial charge >= 0.3 is 0 Å². The van der Waals surface area contributed by atoms with Crippen LogP contribution in [0.5, 0.6) is 5.75 Å². The lowest BCUT2D eigenvalue weighted by atomic mass is 10.2. The number of hydrogen-bond acceptors (Lipinski definition) is 5. The second-order valence-corrected chi connectivity index (χ2v) is 8.41. The summed E-state index contributed by atoms with van der Waals surface area (Å²) in [5.41, 5.74) is 6.87. The quantitative estimate of drug-likeness (QED) is 0.293. The first-order chi connectivity index (χ1) is 16.0. The molecule has 0 saturated carbocycles. The van der Waals surface area contributed by atoms with Crippen molar-refractivity contribution in [3.05, 3.63) is 24.0 Å². The monoisotopic (exact) mass is 463 g/mol. The molecule has 2 unspecified atom stereocenters. The number of ether oxygens (including phenoxy) is 2.